The smallest absolute Gasteiger partial charge is 0.505 e. The molecule has 1 heterocycles. The fourth-order valence-corrected chi connectivity index (χ4v) is 1.33. The van der Waals surface area contributed by atoms with Crippen LogP contribution >= 0.6 is 0 Å². The lowest BCUT2D eigenvalue weighted by atomic mass is 10.2. The molecule has 0 radical (unpaired) electrons. The topological polar surface area (TPSA) is 87.6 Å². The van der Waals surface area contributed by atoms with E-state index in [0.29, 0.717) is 6.42 Å². The van der Waals surface area contributed by atoms with Crippen LogP contribution in [-0.2, 0) is 16.0 Å². The van der Waals surface area contributed by atoms with Gasteiger partial charge in [-0.3, -0.25) is 4.98 Å². The minimum Gasteiger partial charge on any atom is -0.505 e. The number of nitrogens with zero attached hydrogens (tertiary/aromatic N) is 3. The van der Waals surface area contributed by atoms with Gasteiger partial charge in [0.2, 0.25) is 5.39 Å². The summed E-state index contributed by atoms with van der Waals surface area (Å²) in [6.45, 7) is 1.77. The molecule has 1 N–H and O–H groups in total. The van der Waals surface area contributed by atoms with E-state index in [1.807, 2.05) is 6.07 Å². The summed E-state index contributed by atoms with van der Waals surface area (Å²) in [6.07, 6.45) is 2.22. The van der Waals surface area contributed by atoms with Gasteiger partial charge in [-0.05, 0) is 25.5 Å². The molecule has 0 aliphatic heterocycles. The molecule has 1 rings (SSSR count). The lowest BCUT2D eigenvalue weighted by Crippen LogP contribution is -2.08. The van der Waals surface area contributed by atoms with Gasteiger partial charge in [0.1, 0.15) is 0 Å². The van der Waals surface area contributed by atoms with Crippen molar-refractivity contribution in [3.8, 4) is 0 Å². The highest BCUT2D eigenvalue weighted by atomic mass is 16.5. The van der Waals surface area contributed by atoms with Gasteiger partial charge in [-0.2, -0.15) is 0 Å². The van der Waals surface area contributed by atoms with Gasteiger partial charge in [-0.1, -0.05) is 6.07 Å². The van der Waals surface area contributed by atoms with Crippen LogP contribution in [-0.4, -0.2) is 22.7 Å². The molecule has 0 saturated heterocycles. The van der Waals surface area contributed by atoms with E-state index < -0.39 is 11.7 Å². The number of aryl methyl sites for hydroxylation is 1. The first kappa shape index (κ1) is 13.6. The first-order chi connectivity index (χ1) is 8.69. The lowest BCUT2D eigenvalue weighted by molar-refractivity contribution is -0.138. The van der Waals surface area contributed by atoms with E-state index >= 15 is 0 Å². The van der Waals surface area contributed by atoms with Crippen molar-refractivity contribution in [2.75, 3.05) is 6.61 Å². The molecule has 0 atom stereocenters. The van der Waals surface area contributed by atoms with Crippen molar-refractivity contribution in [2.45, 2.75) is 19.8 Å². The van der Waals surface area contributed by atoms with Crippen LogP contribution in [0, 0.1) is 5.39 Å². The Bertz CT molecular complexity index is 477. The second-order valence-electron chi connectivity index (χ2n) is 3.44. The Labute approximate surface area is 105 Å². The third-order valence-corrected chi connectivity index (χ3v) is 2.19. The average molecular weight is 248 g/mol. The van der Waals surface area contributed by atoms with Gasteiger partial charge in [-0.15, -0.1) is 0 Å². The molecular weight excluding hydrogens is 234 g/mol. The van der Waals surface area contributed by atoms with Crippen molar-refractivity contribution in [1.82, 2.24) is 4.98 Å². The molecule has 0 saturated carbocycles. The number of hydrogen-bond acceptors (Lipinski definition) is 5. The largest absolute Gasteiger partial charge is 0.505 e. The molecule has 0 unspecified atom stereocenters. The minimum absolute atomic E-state index is 0.144. The maximum absolute atomic E-state index is 11.3. The summed E-state index contributed by atoms with van der Waals surface area (Å²) in [5.74, 6) is -1.17. The molecule has 1 aromatic rings. The molecule has 0 spiro atoms. The van der Waals surface area contributed by atoms with Crippen molar-refractivity contribution in [1.29, 1.82) is 5.39 Å². The quantitative estimate of drug-likeness (QED) is 0.373. The van der Waals surface area contributed by atoms with Crippen LogP contribution in [0.15, 0.2) is 35.9 Å². The van der Waals surface area contributed by atoms with E-state index in [9.17, 15) is 9.90 Å². The number of pyridine rings is 1. The van der Waals surface area contributed by atoms with Crippen LogP contribution in [0.2, 0.25) is 0 Å². The molecule has 94 valence electrons. The van der Waals surface area contributed by atoms with E-state index in [1.54, 1.807) is 25.3 Å². The summed E-state index contributed by atoms with van der Waals surface area (Å²) in [5.41, 5.74) is 0.304. The summed E-state index contributed by atoms with van der Waals surface area (Å²) in [7, 11) is 0. The normalized spacial score (nSPS) is 11.3. The first-order valence-electron chi connectivity index (χ1n) is 5.53. The summed E-state index contributed by atoms with van der Waals surface area (Å²) in [4.78, 5) is 18.1. The van der Waals surface area contributed by atoms with Crippen LogP contribution in [0.4, 0.5) is 0 Å². The van der Waals surface area contributed by atoms with Crippen LogP contribution in [0.25, 0.3) is 4.98 Å². The molecule has 0 aliphatic carbocycles. The van der Waals surface area contributed by atoms with E-state index in [2.05, 4.69) is 14.7 Å². The van der Waals surface area contributed by atoms with Gasteiger partial charge in [0.05, 0.1) is 6.61 Å². The van der Waals surface area contributed by atoms with Gasteiger partial charge in [0, 0.05) is 18.3 Å². The van der Waals surface area contributed by atoms with Crippen LogP contribution in [0.3, 0.4) is 0 Å². The highest BCUT2D eigenvalue weighted by Crippen LogP contribution is 2.12. The number of ether oxygens (including phenoxy) is 1. The van der Waals surface area contributed by atoms with Crippen molar-refractivity contribution < 1.29 is 14.6 Å². The van der Waals surface area contributed by atoms with Crippen molar-refractivity contribution in [3.05, 3.63) is 46.5 Å². The highest BCUT2D eigenvalue weighted by molar-refractivity contribution is 5.90. The van der Waals surface area contributed by atoms with Gasteiger partial charge < -0.3 is 9.84 Å². The third kappa shape index (κ3) is 3.87. The zero-order chi connectivity index (χ0) is 13.4. The van der Waals surface area contributed by atoms with E-state index in [0.717, 1.165) is 5.69 Å². The number of diazo groups is 1. The second kappa shape index (κ2) is 7.01. The van der Waals surface area contributed by atoms with E-state index in [4.69, 9.17) is 5.39 Å². The van der Waals surface area contributed by atoms with Gasteiger partial charge in [0.25, 0.3) is 0 Å². The van der Waals surface area contributed by atoms with Crippen LogP contribution in [0.5, 0.6) is 0 Å². The molecule has 6 heteroatoms. The van der Waals surface area contributed by atoms with Crippen molar-refractivity contribution >= 4 is 5.97 Å². The molecular formula is C12H14N3O3+. The van der Waals surface area contributed by atoms with Crippen molar-refractivity contribution in [3.63, 3.8) is 0 Å². The van der Waals surface area contributed by atoms with Crippen LogP contribution in [0.1, 0.15) is 19.0 Å². The number of aliphatic hydroxyl groups excluding tert-OH is 1. The molecule has 0 fully saturated rings. The fourth-order valence-electron chi connectivity index (χ4n) is 1.33. The van der Waals surface area contributed by atoms with E-state index in [1.165, 1.54) is 0 Å². The van der Waals surface area contributed by atoms with Gasteiger partial charge in [-0.25, -0.2) is 4.79 Å². The Hall–Kier alpha value is -2.42. The molecule has 18 heavy (non-hydrogen) atoms. The summed E-state index contributed by atoms with van der Waals surface area (Å²) >= 11 is 0. The van der Waals surface area contributed by atoms with Gasteiger partial charge in [0.15, 0.2) is 10.7 Å². The maximum atomic E-state index is 11.3. The lowest BCUT2D eigenvalue weighted by Gasteiger charge is -1.98. The number of allylic oxidation sites excluding steroid dienone is 1. The average Bonchev–Trinajstić information content (AvgIpc) is 2.39. The number of carbonyl (C=O) groups is 1. The number of hydrogen-bond donors (Lipinski definition) is 1. The summed E-state index contributed by atoms with van der Waals surface area (Å²) in [5, 5.41) is 18.3. The Kier molecular flexibility index (Phi) is 5.32. The number of carbonyl (C=O) groups excluding carboxylic acids is 1. The Balaban J connectivity index is 2.70. The molecule has 6 nitrogen and oxygen atoms in total. The number of esters is 1. The Morgan fingerprint density at radius 3 is 2.89 bits per heavy atom. The molecule has 0 aromatic carbocycles. The molecule has 0 bridgehead atoms. The third-order valence-electron chi connectivity index (χ3n) is 2.19. The predicted octanol–water partition coefficient (Wildman–Crippen LogP) is 2.20. The second-order valence-corrected chi connectivity index (χ2v) is 3.44. The van der Waals surface area contributed by atoms with Crippen molar-refractivity contribution in [2.24, 2.45) is 0 Å². The number of rotatable bonds is 5. The summed E-state index contributed by atoms with van der Waals surface area (Å²) < 4.78 is 4.64. The fraction of sp³-hybridized carbons (Fsp3) is 0.333. The Morgan fingerprint density at radius 2 is 2.33 bits per heavy atom. The van der Waals surface area contributed by atoms with Gasteiger partial charge >= 0.3 is 11.7 Å². The summed E-state index contributed by atoms with van der Waals surface area (Å²) in [6, 6.07) is 5.41. The Morgan fingerprint density at radius 1 is 1.56 bits per heavy atom. The zero-order valence-corrected chi connectivity index (χ0v) is 10.0. The monoisotopic (exact) mass is 248 g/mol. The standard InChI is InChI=1S/C12H13N3O3/c1-2-18-12(17)11(15-13)10(16)7-6-9-5-3-4-8-14-9/h3-5,8H,2,6-7H2,1H3/p+1. The number of aromatic nitrogens is 1. The first-order valence-corrected chi connectivity index (χ1v) is 5.53. The maximum Gasteiger partial charge on any atom is 0.505 e. The van der Waals surface area contributed by atoms with E-state index in [-0.39, 0.29) is 18.8 Å². The molecule has 0 amide bonds. The zero-order valence-electron chi connectivity index (χ0n) is 10.0. The highest BCUT2D eigenvalue weighted by Gasteiger charge is 2.30. The van der Waals surface area contributed by atoms with Crippen LogP contribution < -0.4 is 0 Å². The molecule has 1 aromatic heterocycles. The molecule has 0 aliphatic rings. The number of aliphatic hydroxyl groups is 1. The minimum atomic E-state index is -0.849. The predicted molar refractivity (Wildman–Crippen MR) is 63.9 cm³/mol. The SMILES string of the molecule is CCOC(=O)/C([N+]#N)=C(\O)CCc1ccccn1.